The van der Waals surface area contributed by atoms with Gasteiger partial charge in [-0.2, -0.15) is 5.10 Å². The van der Waals surface area contributed by atoms with E-state index in [1.165, 1.54) is 0 Å². The van der Waals surface area contributed by atoms with E-state index in [1.54, 1.807) is 17.1 Å². The van der Waals surface area contributed by atoms with E-state index in [2.05, 4.69) is 10.4 Å². The van der Waals surface area contributed by atoms with Crippen LogP contribution in [-0.2, 0) is 11.3 Å². The Hall–Kier alpha value is -2.50. The highest BCUT2D eigenvalue weighted by Crippen LogP contribution is 2.28. The topological polar surface area (TPSA) is 76.2 Å². The number of anilines is 3. The van der Waals surface area contributed by atoms with E-state index >= 15 is 0 Å². The molecule has 1 aromatic carbocycles. The summed E-state index contributed by atoms with van der Waals surface area (Å²) in [6.07, 6.45) is 3.41. The lowest BCUT2D eigenvalue weighted by Gasteiger charge is -2.30. The van der Waals surface area contributed by atoms with Gasteiger partial charge in [-0.1, -0.05) is 12.1 Å². The number of nitrogen functional groups attached to an aromatic ring is 1. The first kappa shape index (κ1) is 11.6. The molecule has 1 aliphatic heterocycles. The standard InChI is InChI=1S/C13H15N5O/c14-10-7-15-18(8-10)6-5-17-9-13(19)16-11-3-1-2-4-12(11)17/h1-4,7-8H,5-6,9,14H2,(H,16,19). The van der Waals surface area contributed by atoms with Crippen LogP contribution in [0.25, 0.3) is 0 Å². The van der Waals surface area contributed by atoms with Crippen molar-refractivity contribution in [3.05, 3.63) is 36.7 Å². The lowest BCUT2D eigenvalue weighted by Crippen LogP contribution is -2.39. The Labute approximate surface area is 110 Å². The fourth-order valence-electron chi connectivity index (χ4n) is 2.23. The fraction of sp³-hybridized carbons (Fsp3) is 0.231. The van der Waals surface area contributed by atoms with Crippen molar-refractivity contribution in [3.8, 4) is 0 Å². The molecule has 6 heteroatoms. The molecule has 0 aliphatic carbocycles. The van der Waals surface area contributed by atoms with Crippen LogP contribution in [0.2, 0.25) is 0 Å². The minimum absolute atomic E-state index is 0.0127. The number of benzene rings is 1. The number of nitrogens with one attached hydrogen (secondary N) is 1. The van der Waals surface area contributed by atoms with Gasteiger partial charge in [-0.25, -0.2) is 0 Å². The Kier molecular flexibility index (Phi) is 2.83. The molecule has 19 heavy (non-hydrogen) atoms. The average molecular weight is 257 g/mol. The molecular weight excluding hydrogens is 242 g/mol. The van der Waals surface area contributed by atoms with Crippen LogP contribution in [-0.4, -0.2) is 28.8 Å². The van der Waals surface area contributed by atoms with Gasteiger partial charge >= 0.3 is 0 Å². The first-order valence-corrected chi connectivity index (χ1v) is 6.14. The van der Waals surface area contributed by atoms with Crippen LogP contribution in [0.4, 0.5) is 17.1 Å². The van der Waals surface area contributed by atoms with Crippen LogP contribution in [0.5, 0.6) is 0 Å². The lowest BCUT2D eigenvalue weighted by atomic mass is 10.2. The van der Waals surface area contributed by atoms with Crippen molar-refractivity contribution in [3.63, 3.8) is 0 Å². The van der Waals surface area contributed by atoms with Crippen LogP contribution >= 0.6 is 0 Å². The molecule has 98 valence electrons. The fourth-order valence-corrected chi connectivity index (χ4v) is 2.23. The number of carbonyl (C=O) groups excluding carboxylic acids is 1. The van der Waals surface area contributed by atoms with Gasteiger partial charge in [0.25, 0.3) is 0 Å². The van der Waals surface area contributed by atoms with Crippen LogP contribution in [0.1, 0.15) is 0 Å². The maximum absolute atomic E-state index is 11.7. The summed E-state index contributed by atoms with van der Waals surface area (Å²) in [5.41, 5.74) is 8.18. The number of carbonyl (C=O) groups is 1. The van der Waals surface area contributed by atoms with Gasteiger partial charge in [-0.05, 0) is 12.1 Å². The molecule has 0 unspecified atom stereocenters. The van der Waals surface area contributed by atoms with Gasteiger partial charge in [-0.3, -0.25) is 9.48 Å². The molecule has 0 radical (unpaired) electrons. The second kappa shape index (κ2) is 4.64. The number of hydrogen-bond acceptors (Lipinski definition) is 4. The molecule has 0 saturated carbocycles. The highest BCUT2D eigenvalue weighted by molar-refractivity contribution is 6.01. The lowest BCUT2D eigenvalue weighted by molar-refractivity contribution is -0.115. The van der Waals surface area contributed by atoms with Gasteiger partial charge in [0.2, 0.25) is 5.91 Å². The Balaban J connectivity index is 1.76. The van der Waals surface area contributed by atoms with Crippen LogP contribution in [0, 0.1) is 0 Å². The summed E-state index contributed by atoms with van der Waals surface area (Å²) in [6, 6.07) is 7.80. The zero-order valence-electron chi connectivity index (χ0n) is 10.4. The molecule has 3 N–H and O–H groups in total. The average Bonchev–Trinajstić information content (AvgIpc) is 2.81. The second-order valence-electron chi connectivity index (χ2n) is 4.52. The van der Waals surface area contributed by atoms with Crippen molar-refractivity contribution in [2.75, 3.05) is 29.0 Å². The van der Waals surface area contributed by atoms with E-state index in [4.69, 9.17) is 5.73 Å². The quantitative estimate of drug-likeness (QED) is 0.857. The molecule has 0 spiro atoms. The number of amides is 1. The van der Waals surface area contributed by atoms with E-state index in [0.717, 1.165) is 11.4 Å². The highest BCUT2D eigenvalue weighted by Gasteiger charge is 2.20. The zero-order valence-corrected chi connectivity index (χ0v) is 10.4. The molecule has 1 aliphatic rings. The SMILES string of the molecule is Nc1cnn(CCN2CC(=O)Nc3ccccc32)c1. The van der Waals surface area contributed by atoms with Gasteiger partial charge < -0.3 is 16.0 Å². The van der Waals surface area contributed by atoms with Gasteiger partial charge in [-0.15, -0.1) is 0 Å². The Bertz CT molecular complexity index is 607. The number of para-hydroxylation sites is 2. The number of hydrogen-bond donors (Lipinski definition) is 2. The number of aromatic nitrogens is 2. The molecule has 2 heterocycles. The smallest absolute Gasteiger partial charge is 0.243 e. The molecule has 0 fully saturated rings. The minimum atomic E-state index is 0.0127. The first-order valence-electron chi connectivity index (χ1n) is 6.14. The highest BCUT2D eigenvalue weighted by atomic mass is 16.2. The molecule has 0 bridgehead atoms. The summed E-state index contributed by atoms with van der Waals surface area (Å²) in [7, 11) is 0. The predicted molar refractivity (Wildman–Crippen MR) is 73.9 cm³/mol. The monoisotopic (exact) mass is 257 g/mol. The van der Waals surface area contributed by atoms with Crippen molar-refractivity contribution in [2.45, 2.75) is 6.54 Å². The predicted octanol–water partition coefficient (Wildman–Crippen LogP) is 0.924. The van der Waals surface area contributed by atoms with Gasteiger partial charge in [0.15, 0.2) is 0 Å². The number of fused-ring (bicyclic) bond motifs is 1. The maximum atomic E-state index is 11.7. The molecule has 2 aromatic rings. The second-order valence-corrected chi connectivity index (χ2v) is 4.52. The third-order valence-corrected chi connectivity index (χ3v) is 3.11. The zero-order chi connectivity index (χ0) is 13.2. The summed E-state index contributed by atoms with van der Waals surface area (Å²) in [4.78, 5) is 13.7. The molecule has 0 saturated heterocycles. The molecule has 3 rings (SSSR count). The molecule has 1 amide bonds. The normalized spacial score (nSPS) is 14.1. The molecule has 0 atom stereocenters. The first-order chi connectivity index (χ1) is 9.22. The van der Waals surface area contributed by atoms with E-state index in [-0.39, 0.29) is 5.91 Å². The van der Waals surface area contributed by atoms with Crippen molar-refractivity contribution in [1.82, 2.24) is 9.78 Å². The number of nitrogens with two attached hydrogens (primary N) is 1. The summed E-state index contributed by atoms with van der Waals surface area (Å²) in [5.74, 6) is 0.0127. The van der Waals surface area contributed by atoms with Crippen LogP contribution < -0.4 is 16.0 Å². The largest absolute Gasteiger partial charge is 0.396 e. The van der Waals surface area contributed by atoms with Crippen molar-refractivity contribution in [2.24, 2.45) is 0 Å². The van der Waals surface area contributed by atoms with E-state index < -0.39 is 0 Å². The van der Waals surface area contributed by atoms with Crippen molar-refractivity contribution in [1.29, 1.82) is 0 Å². The van der Waals surface area contributed by atoms with Crippen LogP contribution in [0.3, 0.4) is 0 Å². The summed E-state index contributed by atoms with van der Waals surface area (Å²) in [6.45, 7) is 1.78. The molecule has 1 aromatic heterocycles. The Morgan fingerprint density at radius 1 is 1.32 bits per heavy atom. The minimum Gasteiger partial charge on any atom is -0.396 e. The third-order valence-electron chi connectivity index (χ3n) is 3.11. The molecule has 6 nitrogen and oxygen atoms in total. The van der Waals surface area contributed by atoms with E-state index in [0.29, 0.717) is 25.3 Å². The van der Waals surface area contributed by atoms with Gasteiger partial charge in [0.1, 0.15) is 0 Å². The summed E-state index contributed by atoms with van der Waals surface area (Å²) >= 11 is 0. The number of rotatable bonds is 3. The summed E-state index contributed by atoms with van der Waals surface area (Å²) < 4.78 is 1.78. The van der Waals surface area contributed by atoms with Crippen molar-refractivity contribution >= 4 is 23.0 Å². The summed E-state index contributed by atoms with van der Waals surface area (Å²) in [5, 5.41) is 7.01. The maximum Gasteiger partial charge on any atom is 0.243 e. The van der Waals surface area contributed by atoms with Crippen LogP contribution in [0.15, 0.2) is 36.7 Å². The van der Waals surface area contributed by atoms with E-state index in [1.807, 2.05) is 29.2 Å². The molecular formula is C13H15N5O. The van der Waals surface area contributed by atoms with Gasteiger partial charge in [0, 0.05) is 12.7 Å². The number of nitrogens with zero attached hydrogens (tertiary/aromatic N) is 3. The van der Waals surface area contributed by atoms with Gasteiger partial charge in [0.05, 0.1) is 36.3 Å². The van der Waals surface area contributed by atoms with E-state index in [9.17, 15) is 4.79 Å². The Morgan fingerprint density at radius 2 is 2.16 bits per heavy atom. The Morgan fingerprint density at radius 3 is 2.95 bits per heavy atom. The van der Waals surface area contributed by atoms with Crippen molar-refractivity contribution < 1.29 is 4.79 Å². The third kappa shape index (κ3) is 2.37.